The van der Waals surface area contributed by atoms with E-state index in [9.17, 15) is 0 Å². The standard InChI is InChI=1S/C6H12N2/c1-7-6-2-5(6)3-8-4-6/h5,7-8H,2-4H2,1H3. The van der Waals surface area contributed by atoms with Crippen LogP contribution in [-0.2, 0) is 0 Å². The van der Waals surface area contributed by atoms with E-state index in [1.807, 2.05) is 0 Å². The van der Waals surface area contributed by atoms with Crippen LogP contribution in [0.25, 0.3) is 0 Å². The first-order valence-electron chi connectivity index (χ1n) is 3.27. The number of likely N-dealkylation sites (N-methyl/N-ethyl adjacent to an activating group) is 1. The maximum atomic E-state index is 3.35. The van der Waals surface area contributed by atoms with E-state index >= 15 is 0 Å². The van der Waals surface area contributed by atoms with Crippen molar-refractivity contribution in [3.05, 3.63) is 0 Å². The Kier molecular flexibility index (Phi) is 0.746. The second kappa shape index (κ2) is 1.25. The number of hydrogen-bond acceptors (Lipinski definition) is 2. The van der Waals surface area contributed by atoms with Gasteiger partial charge in [0.2, 0.25) is 0 Å². The Labute approximate surface area is 49.7 Å². The summed E-state index contributed by atoms with van der Waals surface area (Å²) in [6, 6.07) is 0. The molecule has 2 rings (SSSR count). The van der Waals surface area contributed by atoms with Crippen molar-refractivity contribution in [1.82, 2.24) is 10.6 Å². The highest BCUT2D eigenvalue weighted by atomic mass is 15.1. The number of rotatable bonds is 1. The summed E-state index contributed by atoms with van der Waals surface area (Å²) in [6.07, 6.45) is 1.40. The summed E-state index contributed by atoms with van der Waals surface area (Å²) in [4.78, 5) is 0. The number of piperidine rings is 1. The van der Waals surface area contributed by atoms with Crippen LogP contribution in [0.4, 0.5) is 0 Å². The zero-order chi connectivity index (χ0) is 5.61. The molecule has 1 saturated carbocycles. The van der Waals surface area contributed by atoms with E-state index in [0.29, 0.717) is 5.54 Å². The van der Waals surface area contributed by atoms with Gasteiger partial charge in [-0.3, -0.25) is 0 Å². The molecule has 1 heterocycles. The van der Waals surface area contributed by atoms with Crippen molar-refractivity contribution in [2.45, 2.75) is 12.0 Å². The number of fused-ring (bicyclic) bond motifs is 1. The van der Waals surface area contributed by atoms with E-state index in [0.717, 1.165) is 5.92 Å². The fraction of sp³-hybridized carbons (Fsp3) is 1.00. The van der Waals surface area contributed by atoms with Crippen LogP contribution in [0.15, 0.2) is 0 Å². The summed E-state index contributed by atoms with van der Waals surface area (Å²) in [5.74, 6) is 0.951. The molecule has 0 aromatic heterocycles. The lowest BCUT2D eigenvalue weighted by atomic mass is 10.3. The topological polar surface area (TPSA) is 24.1 Å². The zero-order valence-electron chi connectivity index (χ0n) is 5.20. The lowest BCUT2D eigenvalue weighted by molar-refractivity contribution is 0.554. The minimum absolute atomic E-state index is 0.542. The van der Waals surface area contributed by atoms with Crippen molar-refractivity contribution in [1.29, 1.82) is 0 Å². The largest absolute Gasteiger partial charge is 0.315 e. The summed E-state index contributed by atoms with van der Waals surface area (Å²) in [5, 5.41) is 6.70. The van der Waals surface area contributed by atoms with E-state index in [1.54, 1.807) is 0 Å². The first-order valence-corrected chi connectivity index (χ1v) is 3.27. The molecule has 2 nitrogen and oxygen atoms in total. The van der Waals surface area contributed by atoms with Gasteiger partial charge in [-0.25, -0.2) is 0 Å². The van der Waals surface area contributed by atoms with Gasteiger partial charge in [0.1, 0.15) is 0 Å². The van der Waals surface area contributed by atoms with E-state index in [2.05, 4.69) is 17.7 Å². The van der Waals surface area contributed by atoms with Gasteiger partial charge >= 0.3 is 0 Å². The second-order valence-corrected chi connectivity index (χ2v) is 2.94. The third-order valence-corrected chi connectivity index (χ3v) is 2.56. The third kappa shape index (κ3) is 0.400. The highest BCUT2D eigenvalue weighted by Crippen LogP contribution is 2.45. The highest BCUT2D eigenvalue weighted by molar-refractivity contribution is 5.15. The highest BCUT2D eigenvalue weighted by Gasteiger charge is 2.55. The van der Waals surface area contributed by atoms with Gasteiger partial charge in [-0.2, -0.15) is 0 Å². The first-order chi connectivity index (χ1) is 3.87. The van der Waals surface area contributed by atoms with E-state index < -0.39 is 0 Å². The van der Waals surface area contributed by atoms with E-state index in [1.165, 1.54) is 19.5 Å². The van der Waals surface area contributed by atoms with Gasteiger partial charge in [-0.05, 0) is 25.9 Å². The van der Waals surface area contributed by atoms with Crippen LogP contribution in [0, 0.1) is 5.92 Å². The van der Waals surface area contributed by atoms with Gasteiger partial charge in [-0.1, -0.05) is 0 Å². The molecule has 2 fully saturated rings. The normalized spacial score (nSPS) is 51.4. The van der Waals surface area contributed by atoms with Crippen LogP contribution in [-0.4, -0.2) is 25.7 Å². The van der Waals surface area contributed by atoms with Crippen molar-refractivity contribution >= 4 is 0 Å². The summed E-state index contributed by atoms with van der Waals surface area (Å²) in [6.45, 7) is 2.43. The van der Waals surface area contributed by atoms with Gasteiger partial charge in [-0.15, -0.1) is 0 Å². The van der Waals surface area contributed by atoms with Crippen molar-refractivity contribution in [2.24, 2.45) is 5.92 Å². The van der Waals surface area contributed by atoms with E-state index in [4.69, 9.17) is 0 Å². The Morgan fingerprint density at radius 1 is 1.75 bits per heavy atom. The van der Waals surface area contributed by atoms with Crippen molar-refractivity contribution in [3.8, 4) is 0 Å². The molecule has 1 aliphatic heterocycles. The molecule has 8 heavy (non-hydrogen) atoms. The second-order valence-electron chi connectivity index (χ2n) is 2.94. The summed E-state index contributed by atoms with van der Waals surface area (Å²) >= 11 is 0. The summed E-state index contributed by atoms with van der Waals surface area (Å²) < 4.78 is 0. The molecule has 2 heteroatoms. The average molecular weight is 112 g/mol. The molecular weight excluding hydrogens is 100 g/mol. The van der Waals surface area contributed by atoms with Crippen LogP contribution in [0.5, 0.6) is 0 Å². The molecule has 46 valence electrons. The van der Waals surface area contributed by atoms with Crippen LogP contribution in [0.3, 0.4) is 0 Å². The maximum absolute atomic E-state index is 3.35. The Morgan fingerprint density at radius 3 is 2.88 bits per heavy atom. The lowest BCUT2D eigenvalue weighted by Gasteiger charge is -2.07. The smallest absolute Gasteiger partial charge is 0.0348 e. The molecule has 2 aliphatic rings. The Hall–Kier alpha value is -0.0800. The molecule has 0 amide bonds. The van der Waals surface area contributed by atoms with Crippen LogP contribution in [0.2, 0.25) is 0 Å². The Bertz CT molecular complexity index is 109. The fourth-order valence-corrected chi connectivity index (χ4v) is 1.73. The first kappa shape index (κ1) is 4.77. The van der Waals surface area contributed by atoms with Crippen LogP contribution in [0.1, 0.15) is 6.42 Å². The minimum atomic E-state index is 0.542. The predicted octanol–water partition coefficient (Wildman–Crippen LogP) is -0.432. The van der Waals surface area contributed by atoms with Crippen molar-refractivity contribution in [3.63, 3.8) is 0 Å². The molecule has 2 N–H and O–H groups in total. The third-order valence-electron chi connectivity index (χ3n) is 2.56. The quantitative estimate of drug-likeness (QED) is 0.481. The SMILES string of the molecule is CNC12CNCC1C2. The van der Waals surface area contributed by atoms with Gasteiger partial charge in [0, 0.05) is 12.1 Å². The van der Waals surface area contributed by atoms with E-state index in [-0.39, 0.29) is 0 Å². The summed E-state index contributed by atoms with van der Waals surface area (Å²) in [7, 11) is 2.06. The Balaban J connectivity index is 2.08. The molecular formula is C6H12N2. The maximum Gasteiger partial charge on any atom is 0.0348 e. The molecule has 0 radical (unpaired) electrons. The molecule has 1 saturated heterocycles. The van der Waals surface area contributed by atoms with Crippen molar-refractivity contribution in [2.75, 3.05) is 20.1 Å². The molecule has 2 atom stereocenters. The fourth-order valence-electron chi connectivity index (χ4n) is 1.73. The number of hydrogen-bond donors (Lipinski definition) is 2. The van der Waals surface area contributed by atoms with Gasteiger partial charge in [0.25, 0.3) is 0 Å². The molecule has 0 spiro atoms. The monoisotopic (exact) mass is 112 g/mol. The van der Waals surface area contributed by atoms with Crippen LogP contribution < -0.4 is 10.6 Å². The lowest BCUT2D eigenvalue weighted by Crippen LogP contribution is -2.33. The van der Waals surface area contributed by atoms with Gasteiger partial charge < -0.3 is 10.6 Å². The minimum Gasteiger partial charge on any atom is -0.315 e. The Morgan fingerprint density at radius 2 is 2.62 bits per heavy atom. The van der Waals surface area contributed by atoms with Crippen molar-refractivity contribution < 1.29 is 0 Å². The zero-order valence-corrected chi connectivity index (χ0v) is 5.20. The molecule has 1 aliphatic carbocycles. The number of nitrogens with one attached hydrogen (secondary N) is 2. The summed E-state index contributed by atoms with van der Waals surface area (Å²) in [5.41, 5.74) is 0.542. The molecule has 0 aromatic rings. The molecule has 2 unspecified atom stereocenters. The molecule has 0 aromatic carbocycles. The average Bonchev–Trinajstić information content (AvgIpc) is 2.38. The predicted molar refractivity (Wildman–Crippen MR) is 32.8 cm³/mol. The van der Waals surface area contributed by atoms with Gasteiger partial charge in [0.05, 0.1) is 0 Å². The molecule has 0 bridgehead atoms. The van der Waals surface area contributed by atoms with Gasteiger partial charge in [0.15, 0.2) is 0 Å². The van der Waals surface area contributed by atoms with Crippen LogP contribution >= 0.6 is 0 Å².